The molecular weight excluding hydrogens is 368 g/mol. The number of hydrogen-bond acceptors (Lipinski definition) is 5. The van der Waals surface area contributed by atoms with Crippen LogP contribution in [0.2, 0.25) is 5.02 Å². The molecule has 0 bridgehead atoms. The fourth-order valence-corrected chi connectivity index (χ4v) is 3.38. The molecule has 0 saturated carbocycles. The number of ether oxygens (including phenoxy) is 2. The van der Waals surface area contributed by atoms with Crippen LogP contribution in [0.4, 0.5) is 5.69 Å². The van der Waals surface area contributed by atoms with Gasteiger partial charge in [0.15, 0.2) is 11.5 Å². The largest absolute Gasteiger partial charge is 0.454 e. The van der Waals surface area contributed by atoms with Gasteiger partial charge < -0.3 is 14.8 Å². The van der Waals surface area contributed by atoms with Crippen molar-refractivity contribution in [3.05, 3.63) is 47.0 Å². The molecule has 0 aliphatic carbocycles. The van der Waals surface area contributed by atoms with Gasteiger partial charge in [-0.05, 0) is 36.8 Å². The van der Waals surface area contributed by atoms with Crippen LogP contribution in [0.25, 0.3) is 0 Å². The Morgan fingerprint density at radius 3 is 2.72 bits per heavy atom. The van der Waals surface area contributed by atoms with Crippen molar-refractivity contribution in [2.75, 3.05) is 18.7 Å². The molecule has 9 heteroatoms. The number of nitrogens with one attached hydrogen (secondary N) is 2. The van der Waals surface area contributed by atoms with Crippen molar-refractivity contribution in [2.24, 2.45) is 0 Å². The first-order valence-electron chi connectivity index (χ1n) is 7.30. The first-order chi connectivity index (χ1) is 11.8. The van der Waals surface area contributed by atoms with Gasteiger partial charge in [0, 0.05) is 16.8 Å². The predicted octanol–water partition coefficient (Wildman–Crippen LogP) is 2.29. The molecule has 2 N–H and O–H groups in total. The van der Waals surface area contributed by atoms with Crippen molar-refractivity contribution in [1.82, 2.24) is 4.72 Å². The van der Waals surface area contributed by atoms with E-state index in [0.29, 0.717) is 22.2 Å². The van der Waals surface area contributed by atoms with E-state index in [0.717, 1.165) is 5.56 Å². The maximum absolute atomic E-state index is 12.3. The van der Waals surface area contributed by atoms with Crippen molar-refractivity contribution in [3.8, 4) is 11.5 Å². The predicted molar refractivity (Wildman–Crippen MR) is 92.6 cm³/mol. The summed E-state index contributed by atoms with van der Waals surface area (Å²) in [4.78, 5) is 12.0. The summed E-state index contributed by atoms with van der Waals surface area (Å²) in [6.07, 6.45) is 0. The zero-order chi connectivity index (χ0) is 18.0. The molecule has 25 heavy (non-hydrogen) atoms. The van der Waals surface area contributed by atoms with E-state index in [-0.39, 0.29) is 11.7 Å². The second-order valence-corrected chi connectivity index (χ2v) is 7.55. The number of sulfonamides is 1. The summed E-state index contributed by atoms with van der Waals surface area (Å²) in [6, 6.07) is 9.30. The summed E-state index contributed by atoms with van der Waals surface area (Å²) in [5.74, 6) is 0.324. The first kappa shape index (κ1) is 17.5. The highest BCUT2D eigenvalue weighted by molar-refractivity contribution is 7.89. The molecule has 0 spiro atoms. The fraction of sp³-hybridized carbons (Fsp3) is 0.188. The van der Waals surface area contributed by atoms with Gasteiger partial charge in [0.1, 0.15) is 0 Å². The van der Waals surface area contributed by atoms with E-state index in [9.17, 15) is 13.2 Å². The molecule has 1 aliphatic rings. The van der Waals surface area contributed by atoms with Crippen LogP contribution in [0.1, 0.15) is 5.56 Å². The van der Waals surface area contributed by atoms with Crippen LogP contribution < -0.4 is 19.5 Å². The Bertz CT molecular complexity index is 930. The minimum absolute atomic E-state index is 0.0107. The quantitative estimate of drug-likeness (QED) is 0.827. The molecular formula is C16H15ClN2O5S. The second kappa shape index (κ2) is 6.91. The Morgan fingerprint density at radius 2 is 1.92 bits per heavy atom. The molecule has 2 aromatic rings. The fourth-order valence-electron chi connectivity index (χ4n) is 2.21. The van der Waals surface area contributed by atoms with E-state index in [1.807, 2.05) is 6.92 Å². The van der Waals surface area contributed by atoms with Gasteiger partial charge in [0.25, 0.3) is 0 Å². The van der Waals surface area contributed by atoms with E-state index in [1.165, 1.54) is 18.2 Å². The molecule has 3 rings (SSSR count). The summed E-state index contributed by atoms with van der Waals surface area (Å²) in [7, 11) is -3.86. The van der Waals surface area contributed by atoms with Gasteiger partial charge in [0.2, 0.25) is 22.7 Å². The van der Waals surface area contributed by atoms with Crippen molar-refractivity contribution in [3.63, 3.8) is 0 Å². The smallest absolute Gasteiger partial charge is 0.241 e. The van der Waals surface area contributed by atoms with Crippen LogP contribution in [-0.4, -0.2) is 27.7 Å². The van der Waals surface area contributed by atoms with Crippen LogP contribution >= 0.6 is 11.6 Å². The lowest BCUT2D eigenvalue weighted by atomic mass is 10.2. The number of hydrogen-bond donors (Lipinski definition) is 2. The third-order valence-corrected chi connectivity index (χ3v) is 5.18. The number of amides is 1. The molecule has 1 heterocycles. The van der Waals surface area contributed by atoms with Gasteiger partial charge in [-0.2, -0.15) is 0 Å². The third-order valence-electron chi connectivity index (χ3n) is 3.55. The molecule has 1 aliphatic heterocycles. The Morgan fingerprint density at radius 1 is 1.16 bits per heavy atom. The summed E-state index contributed by atoms with van der Waals surface area (Å²) in [5, 5.41) is 3.10. The van der Waals surface area contributed by atoms with Crippen LogP contribution in [0.15, 0.2) is 41.3 Å². The SMILES string of the molecule is Cc1ccc(Cl)cc1NC(=O)CNS(=O)(=O)c1ccc2c(c1)OCO2. The number of benzene rings is 2. The Kier molecular flexibility index (Phi) is 4.85. The Hall–Kier alpha value is -2.29. The molecule has 0 saturated heterocycles. The highest BCUT2D eigenvalue weighted by Gasteiger charge is 2.21. The minimum atomic E-state index is -3.86. The van der Waals surface area contributed by atoms with Crippen LogP contribution in [0, 0.1) is 6.92 Å². The average Bonchev–Trinajstić information content (AvgIpc) is 3.04. The monoisotopic (exact) mass is 382 g/mol. The van der Waals surface area contributed by atoms with Crippen molar-refractivity contribution in [1.29, 1.82) is 0 Å². The van der Waals surface area contributed by atoms with Gasteiger partial charge in [-0.1, -0.05) is 17.7 Å². The molecule has 0 unspecified atom stereocenters. The van der Waals surface area contributed by atoms with Crippen LogP contribution in [0.5, 0.6) is 11.5 Å². The number of fused-ring (bicyclic) bond motifs is 1. The number of rotatable bonds is 5. The van der Waals surface area contributed by atoms with Crippen molar-refractivity contribution < 1.29 is 22.7 Å². The van der Waals surface area contributed by atoms with Gasteiger partial charge >= 0.3 is 0 Å². The van der Waals surface area contributed by atoms with Gasteiger partial charge in [-0.15, -0.1) is 0 Å². The number of halogens is 1. The Balaban J connectivity index is 1.65. The van der Waals surface area contributed by atoms with Crippen LogP contribution in [0.3, 0.4) is 0 Å². The van der Waals surface area contributed by atoms with Gasteiger partial charge in [0.05, 0.1) is 11.4 Å². The summed E-state index contributed by atoms with van der Waals surface area (Å²) in [5.41, 5.74) is 1.34. The van der Waals surface area contributed by atoms with Gasteiger partial charge in [-0.3, -0.25) is 4.79 Å². The maximum atomic E-state index is 12.3. The van der Waals surface area contributed by atoms with E-state index < -0.39 is 22.5 Å². The number of carbonyl (C=O) groups is 1. The molecule has 2 aromatic carbocycles. The summed E-state index contributed by atoms with van der Waals surface area (Å²) < 4.78 is 37.2. The van der Waals surface area contributed by atoms with E-state index in [1.54, 1.807) is 18.2 Å². The molecule has 0 fully saturated rings. The molecule has 132 valence electrons. The highest BCUT2D eigenvalue weighted by Crippen LogP contribution is 2.33. The van der Waals surface area contributed by atoms with E-state index in [2.05, 4.69) is 10.0 Å². The summed E-state index contributed by atoms with van der Waals surface area (Å²) >= 11 is 5.89. The maximum Gasteiger partial charge on any atom is 0.241 e. The lowest BCUT2D eigenvalue weighted by Gasteiger charge is -2.10. The third kappa shape index (κ3) is 4.04. The second-order valence-electron chi connectivity index (χ2n) is 5.35. The standard InChI is InChI=1S/C16H15ClN2O5S/c1-10-2-3-11(17)6-13(10)19-16(20)8-18-25(21,22)12-4-5-14-15(7-12)24-9-23-14/h2-7,18H,8-9H2,1H3,(H,19,20). The molecule has 0 atom stereocenters. The molecule has 1 amide bonds. The van der Waals surface area contributed by atoms with E-state index >= 15 is 0 Å². The lowest BCUT2D eigenvalue weighted by Crippen LogP contribution is -2.33. The minimum Gasteiger partial charge on any atom is -0.454 e. The normalized spacial score (nSPS) is 12.9. The zero-order valence-corrected chi connectivity index (χ0v) is 14.8. The molecule has 7 nitrogen and oxygen atoms in total. The Labute approximate surface area is 149 Å². The molecule has 0 aromatic heterocycles. The average molecular weight is 383 g/mol. The number of carbonyl (C=O) groups excluding carboxylic acids is 1. The number of aryl methyl sites for hydroxylation is 1. The van der Waals surface area contributed by atoms with Crippen molar-refractivity contribution >= 4 is 33.2 Å². The van der Waals surface area contributed by atoms with Gasteiger partial charge in [-0.25, -0.2) is 13.1 Å². The van der Waals surface area contributed by atoms with E-state index in [4.69, 9.17) is 21.1 Å². The zero-order valence-electron chi connectivity index (χ0n) is 13.2. The number of anilines is 1. The first-order valence-corrected chi connectivity index (χ1v) is 9.16. The molecule has 0 radical (unpaired) electrons. The van der Waals surface area contributed by atoms with Crippen molar-refractivity contribution in [2.45, 2.75) is 11.8 Å². The summed E-state index contributed by atoms with van der Waals surface area (Å²) in [6.45, 7) is 1.44. The van der Waals surface area contributed by atoms with Crippen LogP contribution in [-0.2, 0) is 14.8 Å². The topological polar surface area (TPSA) is 93.7 Å². The lowest BCUT2D eigenvalue weighted by molar-refractivity contribution is -0.115. The highest BCUT2D eigenvalue weighted by atomic mass is 35.5.